The van der Waals surface area contributed by atoms with E-state index in [1.54, 1.807) is 61.0 Å². The summed E-state index contributed by atoms with van der Waals surface area (Å²) >= 11 is 8.75. The highest BCUT2D eigenvalue weighted by molar-refractivity contribution is 7.22. The number of nitrogens with zero attached hydrogens (tertiary/aromatic N) is 2. The van der Waals surface area contributed by atoms with Gasteiger partial charge < -0.3 is 9.84 Å². The van der Waals surface area contributed by atoms with Gasteiger partial charge in [-0.3, -0.25) is 14.5 Å². The van der Waals surface area contributed by atoms with Crippen molar-refractivity contribution in [3.05, 3.63) is 86.8 Å². The number of thiophene rings is 1. The number of benzene rings is 2. The van der Waals surface area contributed by atoms with Crippen LogP contribution in [0.5, 0.6) is 5.75 Å². The van der Waals surface area contributed by atoms with Gasteiger partial charge in [0.1, 0.15) is 5.75 Å². The molecule has 160 valence electrons. The molecule has 0 saturated heterocycles. The number of methoxy groups -OCH3 is 1. The molecule has 2 aromatic heterocycles. The number of halogens is 1. The van der Waals surface area contributed by atoms with E-state index in [9.17, 15) is 14.7 Å². The third-order valence-electron chi connectivity index (χ3n) is 5.15. The van der Waals surface area contributed by atoms with Gasteiger partial charge in [0.05, 0.1) is 33.8 Å². The van der Waals surface area contributed by atoms with E-state index in [4.69, 9.17) is 16.3 Å². The number of Topliss-reactive ketones (excluding diaryl/α,β-unsaturated/α-hetero) is 1. The molecule has 0 spiro atoms. The summed E-state index contributed by atoms with van der Waals surface area (Å²) in [5.41, 5.74) is 1.30. The van der Waals surface area contributed by atoms with Crippen LogP contribution in [0.3, 0.4) is 0 Å². The standard InChI is InChI=1S/C23H15ClN2O4S2/c1-30-14-7-8-15-17(11-14)32-23(25-15)26-19(12-4-2-5-13(24)10-12)18(21(28)22(26)29)20(27)16-6-3-9-31-16/h2-11,19,28H,1H3. The number of carbonyl (C=O) groups excluding carboxylic acids is 2. The Morgan fingerprint density at radius 1 is 1.19 bits per heavy atom. The molecule has 1 unspecified atom stereocenters. The molecule has 2 aromatic carbocycles. The fraction of sp³-hybridized carbons (Fsp3) is 0.0870. The van der Waals surface area contributed by atoms with E-state index in [0.29, 0.717) is 31.9 Å². The molecule has 0 aliphatic carbocycles. The largest absolute Gasteiger partial charge is 0.503 e. The second kappa shape index (κ2) is 8.05. The van der Waals surface area contributed by atoms with Crippen molar-refractivity contribution in [2.24, 2.45) is 0 Å². The van der Waals surface area contributed by atoms with Gasteiger partial charge in [0.2, 0.25) is 5.78 Å². The zero-order valence-corrected chi connectivity index (χ0v) is 19.0. The first-order valence-electron chi connectivity index (χ1n) is 9.53. The normalized spacial score (nSPS) is 16.2. The van der Waals surface area contributed by atoms with E-state index in [2.05, 4.69) is 4.98 Å². The number of thiazole rings is 1. The van der Waals surface area contributed by atoms with Gasteiger partial charge in [-0.2, -0.15) is 0 Å². The van der Waals surface area contributed by atoms with Crippen molar-refractivity contribution in [3.63, 3.8) is 0 Å². The molecule has 0 radical (unpaired) electrons. The number of carbonyl (C=O) groups is 2. The molecular weight excluding hydrogens is 468 g/mol. The number of ketones is 1. The fourth-order valence-corrected chi connectivity index (χ4v) is 5.59. The number of anilines is 1. The second-order valence-electron chi connectivity index (χ2n) is 7.03. The molecule has 1 aliphatic heterocycles. The number of amides is 1. The minimum Gasteiger partial charge on any atom is -0.503 e. The van der Waals surface area contributed by atoms with Crippen LogP contribution in [0.15, 0.2) is 71.3 Å². The van der Waals surface area contributed by atoms with Crippen molar-refractivity contribution in [1.29, 1.82) is 0 Å². The predicted octanol–water partition coefficient (Wildman–Crippen LogP) is 5.80. The average Bonchev–Trinajstić information content (AvgIpc) is 3.51. The van der Waals surface area contributed by atoms with Crippen molar-refractivity contribution in [3.8, 4) is 5.75 Å². The van der Waals surface area contributed by atoms with Crippen LogP contribution in [-0.4, -0.2) is 28.9 Å². The monoisotopic (exact) mass is 482 g/mol. The first-order chi connectivity index (χ1) is 15.5. The quantitative estimate of drug-likeness (QED) is 0.363. The second-order valence-corrected chi connectivity index (χ2v) is 9.42. The van der Waals surface area contributed by atoms with Gasteiger partial charge in [0, 0.05) is 5.02 Å². The number of hydrogen-bond donors (Lipinski definition) is 1. The van der Waals surface area contributed by atoms with Crippen LogP contribution < -0.4 is 9.64 Å². The summed E-state index contributed by atoms with van der Waals surface area (Å²) in [5, 5.41) is 13.4. The van der Waals surface area contributed by atoms with E-state index in [-0.39, 0.29) is 5.57 Å². The van der Waals surface area contributed by atoms with E-state index in [1.165, 1.54) is 27.6 Å². The topological polar surface area (TPSA) is 79.7 Å². The highest BCUT2D eigenvalue weighted by atomic mass is 35.5. The molecule has 1 N–H and O–H groups in total. The number of aliphatic hydroxyl groups is 1. The van der Waals surface area contributed by atoms with Crippen LogP contribution >= 0.6 is 34.3 Å². The van der Waals surface area contributed by atoms with Crippen molar-refractivity contribution in [1.82, 2.24) is 4.98 Å². The lowest BCUT2D eigenvalue weighted by atomic mass is 9.95. The SMILES string of the molecule is COc1ccc2nc(N3C(=O)C(O)=C(C(=O)c4cccs4)C3c3cccc(Cl)c3)sc2c1. The van der Waals surface area contributed by atoms with Crippen LogP contribution in [0.4, 0.5) is 5.13 Å². The van der Waals surface area contributed by atoms with Crippen molar-refractivity contribution in [2.45, 2.75) is 6.04 Å². The molecule has 1 atom stereocenters. The summed E-state index contributed by atoms with van der Waals surface area (Å²) in [6.45, 7) is 0. The van der Waals surface area contributed by atoms with E-state index in [1.807, 2.05) is 6.07 Å². The van der Waals surface area contributed by atoms with Gasteiger partial charge >= 0.3 is 0 Å². The lowest BCUT2D eigenvalue weighted by Gasteiger charge is -2.24. The molecule has 0 bridgehead atoms. The molecule has 32 heavy (non-hydrogen) atoms. The highest BCUT2D eigenvalue weighted by Gasteiger charge is 2.46. The van der Waals surface area contributed by atoms with Gasteiger partial charge in [0.15, 0.2) is 10.9 Å². The predicted molar refractivity (Wildman–Crippen MR) is 126 cm³/mol. The highest BCUT2D eigenvalue weighted by Crippen LogP contribution is 2.45. The van der Waals surface area contributed by atoms with Crippen molar-refractivity contribution >= 4 is 61.3 Å². The molecule has 5 rings (SSSR count). The van der Waals surface area contributed by atoms with Gasteiger partial charge in [-0.25, -0.2) is 4.98 Å². The molecule has 0 saturated carbocycles. The maximum Gasteiger partial charge on any atom is 0.296 e. The zero-order chi connectivity index (χ0) is 22.4. The summed E-state index contributed by atoms with van der Waals surface area (Å²) in [4.78, 5) is 32.9. The maximum atomic E-state index is 13.3. The Hall–Kier alpha value is -3.20. The lowest BCUT2D eigenvalue weighted by Crippen LogP contribution is -2.30. The molecule has 1 amide bonds. The fourth-order valence-electron chi connectivity index (χ4n) is 3.69. The zero-order valence-electron chi connectivity index (χ0n) is 16.6. The lowest BCUT2D eigenvalue weighted by molar-refractivity contribution is -0.117. The summed E-state index contributed by atoms with van der Waals surface area (Å²) < 4.78 is 6.10. The Morgan fingerprint density at radius 3 is 2.75 bits per heavy atom. The summed E-state index contributed by atoms with van der Waals surface area (Å²) in [6, 6.07) is 14.9. The molecule has 6 nitrogen and oxygen atoms in total. The number of aliphatic hydroxyl groups excluding tert-OH is 1. The van der Waals surface area contributed by atoms with Crippen LogP contribution in [0.2, 0.25) is 5.02 Å². The average molecular weight is 483 g/mol. The Balaban J connectivity index is 1.68. The van der Waals surface area contributed by atoms with E-state index >= 15 is 0 Å². The Labute approximate surface area is 196 Å². The number of ether oxygens (including phenoxy) is 1. The van der Waals surface area contributed by atoms with Crippen molar-refractivity contribution < 1.29 is 19.4 Å². The Bertz CT molecular complexity index is 1390. The van der Waals surface area contributed by atoms with Crippen LogP contribution in [-0.2, 0) is 4.79 Å². The van der Waals surface area contributed by atoms with Crippen molar-refractivity contribution in [2.75, 3.05) is 12.0 Å². The first-order valence-corrected chi connectivity index (χ1v) is 11.6. The number of rotatable bonds is 5. The molecule has 1 aliphatic rings. The Morgan fingerprint density at radius 2 is 2.03 bits per heavy atom. The van der Waals surface area contributed by atoms with E-state index in [0.717, 1.165) is 4.70 Å². The number of aromatic nitrogens is 1. The minimum absolute atomic E-state index is 0.0107. The molecule has 3 heterocycles. The van der Waals surface area contributed by atoms with Gasteiger partial charge in [-0.05, 0) is 47.3 Å². The molecule has 4 aromatic rings. The minimum atomic E-state index is -0.863. The molecular formula is C23H15ClN2O4S2. The first kappa shape index (κ1) is 20.7. The van der Waals surface area contributed by atoms with Crippen LogP contribution in [0, 0.1) is 0 Å². The smallest absolute Gasteiger partial charge is 0.296 e. The Kier molecular flexibility index (Phi) is 5.21. The van der Waals surface area contributed by atoms with Gasteiger partial charge in [-0.15, -0.1) is 11.3 Å². The van der Waals surface area contributed by atoms with E-state index < -0.39 is 23.5 Å². The summed E-state index contributed by atoms with van der Waals surface area (Å²) in [6.07, 6.45) is 0. The third kappa shape index (κ3) is 3.37. The summed E-state index contributed by atoms with van der Waals surface area (Å²) in [5.74, 6) is -0.992. The summed E-state index contributed by atoms with van der Waals surface area (Å²) in [7, 11) is 1.58. The van der Waals surface area contributed by atoms with Gasteiger partial charge in [-0.1, -0.05) is 41.1 Å². The molecule has 0 fully saturated rings. The van der Waals surface area contributed by atoms with Crippen LogP contribution in [0.1, 0.15) is 21.3 Å². The maximum absolute atomic E-state index is 13.3. The third-order valence-corrected chi connectivity index (χ3v) is 7.27. The molecule has 9 heteroatoms. The number of fused-ring (bicyclic) bond motifs is 1. The van der Waals surface area contributed by atoms with Gasteiger partial charge in [0.25, 0.3) is 5.91 Å². The van der Waals surface area contributed by atoms with Crippen LogP contribution in [0.25, 0.3) is 10.2 Å². The number of hydrogen-bond acceptors (Lipinski definition) is 7.